The number of carbonyl (C=O) groups is 3. The third kappa shape index (κ3) is 6.28. The van der Waals surface area contributed by atoms with Gasteiger partial charge in [-0.2, -0.15) is 0 Å². The van der Waals surface area contributed by atoms with Crippen molar-refractivity contribution in [2.24, 2.45) is 5.92 Å². The summed E-state index contributed by atoms with van der Waals surface area (Å²) in [6.45, 7) is 3.65. The van der Waals surface area contributed by atoms with Crippen LogP contribution in [0.5, 0.6) is 5.75 Å². The third-order valence-electron chi connectivity index (χ3n) is 3.29. The van der Waals surface area contributed by atoms with Crippen molar-refractivity contribution < 1.29 is 23.9 Å². The second-order valence-electron chi connectivity index (χ2n) is 5.68. The Kier molecular flexibility index (Phi) is 7.74. The lowest BCUT2D eigenvalue weighted by Crippen LogP contribution is -2.46. The lowest BCUT2D eigenvalue weighted by atomic mass is 10.0. The van der Waals surface area contributed by atoms with Gasteiger partial charge < -0.3 is 20.1 Å². The molecule has 0 bridgehead atoms. The number of hydrogen-bond acceptors (Lipinski definition) is 5. The van der Waals surface area contributed by atoms with Crippen LogP contribution < -0.4 is 15.4 Å². The van der Waals surface area contributed by atoms with E-state index in [0.29, 0.717) is 17.7 Å². The van der Waals surface area contributed by atoms with Gasteiger partial charge in [0.2, 0.25) is 5.91 Å². The highest BCUT2D eigenvalue weighted by Gasteiger charge is 2.22. The first-order valence-electron chi connectivity index (χ1n) is 7.66. The van der Waals surface area contributed by atoms with E-state index in [9.17, 15) is 14.4 Å². The Morgan fingerprint density at radius 1 is 1.08 bits per heavy atom. The maximum Gasteiger partial charge on any atom is 0.328 e. The number of nitrogens with one attached hydrogen (secondary N) is 2. The number of amides is 2. The summed E-state index contributed by atoms with van der Waals surface area (Å²) in [4.78, 5) is 35.6. The van der Waals surface area contributed by atoms with E-state index in [2.05, 4.69) is 15.4 Å². The number of carbonyl (C=O) groups excluding carboxylic acids is 3. The normalized spacial score (nSPS) is 11.5. The summed E-state index contributed by atoms with van der Waals surface area (Å²) >= 11 is 0. The number of ether oxygens (including phenoxy) is 2. The Bertz CT molecular complexity index is 569. The van der Waals surface area contributed by atoms with E-state index in [1.54, 1.807) is 24.3 Å². The summed E-state index contributed by atoms with van der Waals surface area (Å²) in [5.74, 6) is -0.486. The van der Waals surface area contributed by atoms with Crippen LogP contribution in [-0.4, -0.2) is 44.6 Å². The first kappa shape index (κ1) is 19.5. The molecule has 1 aromatic carbocycles. The van der Waals surface area contributed by atoms with E-state index in [1.807, 2.05) is 13.8 Å². The van der Waals surface area contributed by atoms with Crippen LogP contribution in [0.4, 0.5) is 0 Å². The summed E-state index contributed by atoms with van der Waals surface area (Å²) in [6.07, 6.45) is 0.463. The maximum absolute atomic E-state index is 12.0. The average Bonchev–Trinajstić information content (AvgIpc) is 2.58. The minimum Gasteiger partial charge on any atom is -0.497 e. The van der Waals surface area contributed by atoms with E-state index in [-0.39, 0.29) is 18.4 Å². The van der Waals surface area contributed by atoms with Crippen molar-refractivity contribution in [2.45, 2.75) is 26.3 Å². The van der Waals surface area contributed by atoms with Gasteiger partial charge >= 0.3 is 5.97 Å². The predicted octanol–water partition coefficient (Wildman–Crippen LogP) is 1.13. The zero-order valence-electron chi connectivity index (χ0n) is 14.4. The lowest BCUT2D eigenvalue weighted by Gasteiger charge is -2.18. The topological polar surface area (TPSA) is 93.7 Å². The first-order valence-corrected chi connectivity index (χ1v) is 7.66. The molecule has 7 heteroatoms. The van der Waals surface area contributed by atoms with Gasteiger partial charge in [-0.1, -0.05) is 13.8 Å². The number of esters is 1. The zero-order chi connectivity index (χ0) is 18.1. The molecule has 1 unspecified atom stereocenters. The van der Waals surface area contributed by atoms with Crippen LogP contribution in [0.25, 0.3) is 0 Å². The molecule has 1 rings (SSSR count). The molecule has 2 amide bonds. The van der Waals surface area contributed by atoms with Crippen LogP contribution in [0.15, 0.2) is 24.3 Å². The number of hydrogen-bond donors (Lipinski definition) is 2. The van der Waals surface area contributed by atoms with Gasteiger partial charge in [-0.25, -0.2) is 4.79 Å². The molecule has 2 N–H and O–H groups in total. The van der Waals surface area contributed by atoms with Gasteiger partial charge in [0.15, 0.2) is 0 Å². The Balaban J connectivity index is 2.53. The summed E-state index contributed by atoms with van der Waals surface area (Å²) < 4.78 is 9.69. The van der Waals surface area contributed by atoms with Crippen LogP contribution >= 0.6 is 0 Å². The highest BCUT2D eigenvalue weighted by atomic mass is 16.5. The molecule has 0 spiro atoms. The Morgan fingerprint density at radius 2 is 1.71 bits per heavy atom. The van der Waals surface area contributed by atoms with Crippen LogP contribution in [-0.2, 0) is 14.3 Å². The fraction of sp³-hybridized carbons (Fsp3) is 0.471. The van der Waals surface area contributed by atoms with Gasteiger partial charge in [-0.3, -0.25) is 9.59 Å². The smallest absolute Gasteiger partial charge is 0.328 e. The fourth-order valence-corrected chi connectivity index (χ4v) is 2.08. The molecule has 7 nitrogen and oxygen atoms in total. The van der Waals surface area contributed by atoms with E-state index in [1.165, 1.54) is 14.2 Å². The predicted molar refractivity (Wildman–Crippen MR) is 88.7 cm³/mol. The lowest BCUT2D eigenvalue weighted by molar-refractivity contribution is -0.145. The van der Waals surface area contributed by atoms with Crippen LogP contribution in [0.3, 0.4) is 0 Å². The van der Waals surface area contributed by atoms with Gasteiger partial charge in [0.05, 0.1) is 20.8 Å². The number of benzene rings is 1. The van der Waals surface area contributed by atoms with Crippen molar-refractivity contribution in [3.63, 3.8) is 0 Å². The average molecular weight is 336 g/mol. The van der Waals surface area contributed by atoms with E-state index >= 15 is 0 Å². The van der Waals surface area contributed by atoms with Gasteiger partial charge in [-0.05, 0) is 36.6 Å². The van der Waals surface area contributed by atoms with Gasteiger partial charge in [-0.15, -0.1) is 0 Å². The molecule has 0 aliphatic rings. The molecule has 24 heavy (non-hydrogen) atoms. The summed E-state index contributed by atoms with van der Waals surface area (Å²) in [5, 5.41) is 5.08. The molecule has 0 heterocycles. The number of rotatable bonds is 8. The second-order valence-corrected chi connectivity index (χ2v) is 5.68. The SMILES string of the molecule is COC(=O)C(CC(C)C)NC(=O)CNC(=O)c1ccc(OC)cc1. The Labute approximate surface area is 141 Å². The van der Waals surface area contributed by atoms with Crippen LogP contribution in [0.2, 0.25) is 0 Å². The molecular formula is C17H24N2O5. The van der Waals surface area contributed by atoms with Crippen molar-refractivity contribution in [3.8, 4) is 5.75 Å². The van der Waals surface area contributed by atoms with E-state index in [0.717, 1.165) is 0 Å². The monoisotopic (exact) mass is 336 g/mol. The molecule has 1 aromatic rings. The second kappa shape index (κ2) is 9.54. The van der Waals surface area contributed by atoms with Crippen molar-refractivity contribution in [2.75, 3.05) is 20.8 Å². The zero-order valence-corrected chi connectivity index (χ0v) is 14.4. The van der Waals surface area contributed by atoms with E-state index in [4.69, 9.17) is 4.74 Å². The molecule has 0 fully saturated rings. The number of methoxy groups -OCH3 is 2. The van der Waals surface area contributed by atoms with Gasteiger partial charge in [0, 0.05) is 5.56 Å². The summed E-state index contributed by atoms with van der Waals surface area (Å²) in [7, 11) is 2.81. The quantitative estimate of drug-likeness (QED) is 0.694. The van der Waals surface area contributed by atoms with Crippen molar-refractivity contribution >= 4 is 17.8 Å². The Hall–Kier alpha value is -2.57. The largest absolute Gasteiger partial charge is 0.497 e. The molecule has 0 aromatic heterocycles. The van der Waals surface area contributed by atoms with Crippen molar-refractivity contribution in [3.05, 3.63) is 29.8 Å². The summed E-state index contributed by atoms with van der Waals surface area (Å²) in [6, 6.07) is 5.79. The van der Waals surface area contributed by atoms with Crippen LogP contribution in [0.1, 0.15) is 30.6 Å². The fourth-order valence-electron chi connectivity index (χ4n) is 2.08. The minimum atomic E-state index is -0.722. The molecule has 0 radical (unpaired) electrons. The standard InChI is InChI=1S/C17H24N2O5/c1-11(2)9-14(17(22)24-4)19-15(20)10-18-16(21)12-5-7-13(23-3)8-6-12/h5-8,11,14H,9-10H2,1-4H3,(H,18,21)(H,19,20). The summed E-state index contributed by atoms with van der Waals surface area (Å²) in [5.41, 5.74) is 0.412. The first-order chi connectivity index (χ1) is 11.4. The minimum absolute atomic E-state index is 0.211. The highest BCUT2D eigenvalue weighted by Crippen LogP contribution is 2.11. The third-order valence-corrected chi connectivity index (χ3v) is 3.29. The van der Waals surface area contributed by atoms with Crippen molar-refractivity contribution in [1.29, 1.82) is 0 Å². The molecule has 1 atom stereocenters. The molecule has 0 aliphatic carbocycles. The van der Waals surface area contributed by atoms with Crippen molar-refractivity contribution in [1.82, 2.24) is 10.6 Å². The molecule has 132 valence electrons. The highest BCUT2D eigenvalue weighted by molar-refractivity contribution is 5.97. The van der Waals surface area contributed by atoms with Crippen LogP contribution in [0, 0.1) is 5.92 Å². The maximum atomic E-state index is 12.0. The Morgan fingerprint density at radius 3 is 2.21 bits per heavy atom. The van der Waals surface area contributed by atoms with Gasteiger partial charge in [0.25, 0.3) is 5.91 Å². The molecule has 0 saturated heterocycles. The molecule has 0 aliphatic heterocycles. The van der Waals surface area contributed by atoms with E-state index < -0.39 is 17.9 Å². The molecular weight excluding hydrogens is 312 g/mol. The molecule has 0 saturated carbocycles. The van der Waals surface area contributed by atoms with Gasteiger partial charge in [0.1, 0.15) is 11.8 Å².